The van der Waals surface area contributed by atoms with E-state index < -0.39 is 0 Å². The average Bonchev–Trinajstić information content (AvgIpc) is 2.51. The SMILES string of the molecule is COc1ccc([C@@H]2Oc3ccccc3C(=O)[C@H]2C)cc1. The van der Waals surface area contributed by atoms with Crippen LogP contribution in [0.2, 0.25) is 0 Å². The van der Waals surface area contributed by atoms with Gasteiger partial charge in [0.15, 0.2) is 5.78 Å². The first-order chi connectivity index (χ1) is 9.70. The molecule has 3 nitrogen and oxygen atoms in total. The zero-order valence-electron chi connectivity index (χ0n) is 11.5. The van der Waals surface area contributed by atoms with Crippen molar-refractivity contribution in [2.75, 3.05) is 7.11 Å². The van der Waals surface area contributed by atoms with Crippen molar-refractivity contribution >= 4 is 5.78 Å². The van der Waals surface area contributed by atoms with Gasteiger partial charge in [0.2, 0.25) is 0 Å². The van der Waals surface area contributed by atoms with Crippen LogP contribution < -0.4 is 9.47 Å². The highest BCUT2D eigenvalue weighted by atomic mass is 16.5. The number of carbonyl (C=O) groups is 1. The van der Waals surface area contributed by atoms with E-state index in [0.29, 0.717) is 11.3 Å². The Hall–Kier alpha value is -2.29. The molecule has 1 aliphatic heterocycles. The highest BCUT2D eigenvalue weighted by Crippen LogP contribution is 2.38. The van der Waals surface area contributed by atoms with Gasteiger partial charge in [0.25, 0.3) is 0 Å². The van der Waals surface area contributed by atoms with E-state index in [1.807, 2.05) is 55.5 Å². The minimum Gasteiger partial charge on any atom is -0.497 e. The van der Waals surface area contributed by atoms with E-state index >= 15 is 0 Å². The summed E-state index contributed by atoms with van der Waals surface area (Å²) >= 11 is 0. The van der Waals surface area contributed by atoms with E-state index in [2.05, 4.69) is 0 Å². The van der Waals surface area contributed by atoms with E-state index in [4.69, 9.17) is 9.47 Å². The Morgan fingerprint density at radius 2 is 1.75 bits per heavy atom. The van der Waals surface area contributed by atoms with Crippen molar-refractivity contribution < 1.29 is 14.3 Å². The fourth-order valence-corrected chi connectivity index (χ4v) is 2.54. The summed E-state index contributed by atoms with van der Waals surface area (Å²) in [5.74, 6) is 1.39. The number of methoxy groups -OCH3 is 1. The number of hydrogen-bond donors (Lipinski definition) is 0. The van der Waals surface area contributed by atoms with Gasteiger partial charge in [-0.05, 0) is 29.8 Å². The lowest BCUT2D eigenvalue weighted by molar-refractivity contribution is 0.0690. The minimum atomic E-state index is -0.247. The second-order valence-corrected chi connectivity index (χ2v) is 4.96. The van der Waals surface area contributed by atoms with Gasteiger partial charge >= 0.3 is 0 Å². The molecular weight excluding hydrogens is 252 g/mol. The Bertz CT molecular complexity index is 631. The molecule has 2 aromatic carbocycles. The monoisotopic (exact) mass is 268 g/mol. The van der Waals surface area contributed by atoms with Crippen molar-refractivity contribution in [2.24, 2.45) is 5.92 Å². The molecule has 0 N–H and O–H groups in total. The maximum atomic E-state index is 12.4. The molecule has 2 atom stereocenters. The van der Waals surface area contributed by atoms with Gasteiger partial charge in [0, 0.05) is 0 Å². The lowest BCUT2D eigenvalue weighted by Gasteiger charge is -2.30. The van der Waals surface area contributed by atoms with Crippen LogP contribution >= 0.6 is 0 Å². The fourth-order valence-electron chi connectivity index (χ4n) is 2.54. The van der Waals surface area contributed by atoms with Crippen LogP contribution in [0.15, 0.2) is 48.5 Å². The van der Waals surface area contributed by atoms with Crippen molar-refractivity contribution in [3.8, 4) is 11.5 Å². The molecule has 3 rings (SSSR count). The second kappa shape index (κ2) is 5.00. The van der Waals surface area contributed by atoms with E-state index in [1.54, 1.807) is 7.11 Å². The number of ketones is 1. The Kier molecular flexibility index (Phi) is 3.18. The Balaban J connectivity index is 1.97. The number of rotatable bonds is 2. The predicted octanol–water partition coefficient (Wildman–Crippen LogP) is 3.65. The Morgan fingerprint density at radius 3 is 2.45 bits per heavy atom. The first-order valence-corrected chi connectivity index (χ1v) is 6.64. The maximum Gasteiger partial charge on any atom is 0.173 e. The van der Waals surface area contributed by atoms with Gasteiger partial charge in [0.1, 0.15) is 17.6 Å². The lowest BCUT2D eigenvalue weighted by atomic mass is 9.87. The molecule has 0 saturated heterocycles. The van der Waals surface area contributed by atoms with Crippen LogP contribution in [0.1, 0.15) is 28.9 Å². The van der Waals surface area contributed by atoms with Crippen LogP contribution in [0.3, 0.4) is 0 Å². The van der Waals surface area contributed by atoms with E-state index in [1.165, 1.54) is 0 Å². The van der Waals surface area contributed by atoms with Gasteiger partial charge in [0.05, 0.1) is 18.6 Å². The van der Waals surface area contributed by atoms with E-state index in [-0.39, 0.29) is 17.8 Å². The van der Waals surface area contributed by atoms with Gasteiger partial charge in [-0.2, -0.15) is 0 Å². The summed E-state index contributed by atoms with van der Waals surface area (Å²) in [6, 6.07) is 15.1. The van der Waals surface area contributed by atoms with Crippen molar-refractivity contribution in [3.05, 3.63) is 59.7 Å². The summed E-state index contributed by atoms with van der Waals surface area (Å²) in [7, 11) is 1.63. The van der Waals surface area contributed by atoms with Crippen molar-refractivity contribution in [3.63, 3.8) is 0 Å². The van der Waals surface area contributed by atoms with Crippen LogP contribution in [0, 0.1) is 5.92 Å². The summed E-state index contributed by atoms with van der Waals surface area (Å²) in [5, 5.41) is 0. The molecule has 0 unspecified atom stereocenters. The summed E-state index contributed by atoms with van der Waals surface area (Å²) in [4.78, 5) is 12.4. The van der Waals surface area contributed by atoms with Gasteiger partial charge in [-0.25, -0.2) is 0 Å². The van der Waals surface area contributed by atoms with Crippen LogP contribution in [0.25, 0.3) is 0 Å². The summed E-state index contributed by atoms with van der Waals surface area (Å²) in [5.41, 5.74) is 1.66. The zero-order chi connectivity index (χ0) is 14.1. The molecule has 3 heteroatoms. The molecule has 0 saturated carbocycles. The first kappa shape index (κ1) is 12.7. The molecular formula is C17H16O3. The third kappa shape index (κ3) is 2.05. The quantitative estimate of drug-likeness (QED) is 0.834. The van der Waals surface area contributed by atoms with Crippen LogP contribution in [-0.4, -0.2) is 12.9 Å². The molecule has 0 aromatic heterocycles. The standard InChI is InChI=1S/C17H16O3/c1-11-16(18)14-5-3-4-6-15(14)20-17(11)12-7-9-13(19-2)10-8-12/h3-11,17H,1-2H3/t11-,17-/m1/s1. The van der Waals surface area contributed by atoms with Gasteiger partial charge in [-0.1, -0.05) is 31.2 Å². The highest BCUT2D eigenvalue weighted by Gasteiger charge is 2.34. The smallest absolute Gasteiger partial charge is 0.173 e. The van der Waals surface area contributed by atoms with E-state index in [0.717, 1.165) is 11.3 Å². The van der Waals surface area contributed by atoms with Crippen molar-refractivity contribution in [1.29, 1.82) is 0 Å². The third-order valence-corrected chi connectivity index (χ3v) is 3.72. The lowest BCUT2D eigenvalue weighted by Crippen LogP contribution is -2.29. The molecule has 0 fully saturated rings. The average molecular weight is 268 g/mol. The van der Waals surface area contributed by atoms with Crippen LogP contribution in [0.4, 0.5) is 0 Å². The molecule has 0 spiro atoms. The molecule has 0 amide bonds. The number of fused-ring (bicyclic) bond motifs is 1. The third-order valence-electron chi connectivity index (χ3n) is 3.72. The zero-order valence-corrected chi connectivity index (χ0v) is 11.5. The summed E-state index contributed by atoms with van der Waals surface area (Å²) in [6.07, 6.45) is -0.247. The largest absolute Gasteiger partial charge is 0.497 e. The Labute approximate surface area is 118 Å². The molecule has 0 radical (unpaired) electrons. The summed E-state index contributed by atoms with van der Waals surface area (Å²) < 4.78 is 11.2. The van der Waals surface area contributed by atoms with Crippen LogP contribution in [0.5, 0.6) is 11.5 Å². The maximum absolute atomic E-state index is 12.4. The topological polar surface area (TPSA) is 35.5 Å². The number of carbonyl (C=O) groups excluding carboxylic acids is 1. The summed E-state index contributed by atoms with van der Waals surface area (Å²) in [6.45, 7) is 1.91. The molecule has 1 aliphatic rings. The normalized spacial score (nSPS) is 21.0. The molecule has 0 aliphatic carbocycles. The second-order valence-electron chi connectivity index (χ2n) is 4.96. The highest BCUT2D eigenvalue weighted by molar-refractivity contribution is 6.01. The first-order valence-electron chi connectivity index (χ1n) is 6.64. The molecule has 20 heavy (non-hydrogen) atoms. The number of para-hydroxylation sites is 1. The van der Waals surface area contributed by atoms with Crippen molar-refractivity contribution in [1.82, 2.24) is 0 Å². The molecule has 2 aromatic rings. The van der Waals surface area contributed by atoms with Gasteiger partial charge in [-0.3, -0.25) is 4.79 Å². The minimum absolute atomic E-state index is 0.132. The molecule has 0 bridgehead atoms. The Morgan fingerprint density at radius 1 is 1.05 bits per heavy atom. The molecule has 102 valence electrons. The number of hydrogen-bond acceptors (Lipinski definition) is 3. The fraction of sp³-hybridized carbons (Fsp3) is 0.235. The van der Waals surface area contributed by atoms with Gasteiger partial charge < -0.3 is 9.47 Å². The van der Waals surface area contributed by atoms with Crippen molar-refractivity contribution in [2.45, 2.75) is 13.0 Å². The van der Waals surface area contributed by atoms with Gasteiger partial charge in [-0.15, -0.1) is 0 Å². The number of Topliss-reactive ketones (excluding diaryl/α,β-unsaturated/α-hetero) is 1. The molecule has 1 heterocycles. The van der Waals surface area contributed by atoms with E-state index in [9.17, 15) is 4.79 Å². The number of ether oxygens (including phenoxy) is 2. The number of benzene rings is 2. The van der Waals surface area contributed by atoms with Crippen LogP contribution in [-0.2, 0) is 0 Å². The predicted molar refractivity (Wildman–Crippen MR) is 76.3 cm³/mol.